The molecule has 18 heavy (non-hydrogen) atoms. The van der Waals surface area contributed by atoms with Crippen LogP contribution < -0.4 is 16.4 Å². The Bertz CT molecular complexity index is 549. The van der Waals surface area contributed by atoms with Crippen molar-refractivity contribution in [2.75, 3.05) is 23.7 Å². The van der Waals surface area contributed by atoms with Crippen LogP contribution in [0.1, 0.15) is 0 Å². The van der Waals surface area contributed by atoms with E-state index in [1.165, 1.54) is 0 Å². The average Bonchev–Trinajstić information content (AvgIpc) is 2.35. The molecule has 92 valence electrons. The van der Waals surface area contributed by atoms with Crippen molar-refractivity contribution in [2.24, 2.45) is 5.73 Å². The van der Waals surface area contributed by atoms with Crippen molar-refractivity contribution in [2.45, 2.75) is 6.04 Å². The van der Waals surface area contributed by atoms with Gasteiger partial charge < -0.3 is 16.4 Å². The summed E-state index contributed by atoms with van der Waals surface area (Å²) in [5, 5.41) is 0. The molecule has 1 aromatic heterocycles. The van der Waals surface area contributed by atoms with E-state index in [4.69, 9.17) is 11.5 Å². The molecule has 0 amide bonds. The van der Waals surface area contributed by atoms with E-state index in [-0.39, 0.29) is 6.04 Å². The highest BCUT2D eigenvalue weighted by atomic mass is 15.3. The number of nitrogens with two attached hydrogens (primary N) is 2. The molecule has 2 aromatic rings. The van der Waals surface area contributed by atoms with Crippen LogP contribution >= 0.6 is 0 Å². The summed E-state index contributed by atoms with van der Waals surface area (Å²) in [5.74, 6) is 1.15. The van der Waals surface area contributed by atoms with Crippen LogP contribution in [0.2, 0.25) is 0 Å². The van der Waals surface area contributed by atoms with Gasteiger partial charge in [0.1, 0.15) is 5.82 Å². The summed E-state index contributed by atoms with van der Waals surface area (Å²) in [6.07, 6.45) is 0. The topological polar surface area (TPSA) is 81.1 Å². The minimum Gasteiger partial charge on any atom is -0.368 e. The second-order valence-corrected chi connectivity index (χ2v) is 4.50. The van der Waals surface area contributed by atoms with Crippen LogP contribution in [0.25, 0.3) is 11.3 Å². The lowest BCUT2D eigenvalue weighted by Crippen LogP contribution is -2.56. The standard InChI is InChI=1S/C13H15N5/c14-10-7-18(8-10)12-6-11(16-13(15)17-12)9-4-2-1-3-5-9/h1-6,10H,7-8,14H2,(H2,15,16,17). The van der Waals surface area contributed by atoms with Gasteiger partial charge in [-0.25, -0.2) is 4.98 Å². The molecular formula is C13H15N5. The van der Waals surface area contributed by atoms with E-state index in [1.807, 2.05) is 36.4 Å². The van der Waals surface area contributed by atoms with E-state index >= 15 is 0 Å². The highest BCUT2D eigenvalue weighted by Gasteiger charge is 2.24. The summed E-state index contributed by atoms with van der Waals surface area (Å²) in [4.78, 5) is 10.6. The molecule has 1 fully saturated rings. The number of nitrogens with zero attached hydrogens (tertiary/aromatic N) is 3. The third-order valence-electron chi connectivity index (χ3n) is 3.03. The van der Waals surface area contributed by atoms with E-state index in [1.54, 1.807) is 0 Å². The van der Waals surface area contributed by atoms with Crippen LogP contribution in [0.15, 0.2) is 36.4 Å². The Morgan fingerprint density at radius 2 is 1.83 bits per heavy atom. The van der Waals surface area contributed by atoms with E-state index in [0.29, 0.717) is 5.95 Å². The molecule has 0 saturated carbocycles. The maximum atomic E-state index is 5.78. The largest absolute Gasteiger partial charge is 0.368 e. The number of hydrogen-bond donors (Lipinski definition) is 2. The predicted octanol–water partition coefficient (Wildman–Crippen LogP) is 0.873. The lowest BCUT2D eigenvalue weighted by atomic mass is 10.1. The molecule has 0 spiro atoms. The second kappa shape index (κ2) is 4.27. The number of benzene rings is 1. The number of rotatable bonds is 2. The fourth-order valence-electron chi connectivity index (χ4n) is 2.07. The van der Waals surface area contributed by atoms with Gasteiger partial charge in [0.2, 0.25) is 5.95 Å². The van der Waals surface area contributed by atoms with Crippen molar-refractivity contribution in [1.29, 1.82) is 0 Å². The molecule has 0 radical (unpaired) electrons. The molecule has 3 rings (SSSR count). The van der Waals surface area contributed by atoms with Crippen LogP contribution in [-0.4, -0.2) is 29.1 Å². The first-order chi connectivity index (χ1) is 8.72. The lowest BCUT2D eigenvalue weighted by Gasteiger charge is -2.37. The Balaban J connectivity index is 1.96. The quantitative estimate of drug-likeness (QED) is 0.815. The summed E-state index contributed by atoms with van der Waals surface area (Å²) in [6, 6.07) is 12.1. The molecule has 1 saturated heterocycles. The summed E-state index contributed by atoms with van der Waals surface area (Å²) in [5.41, 5.74) is 13.4. The monoisotopic (exact) mass is 241 g/mol. The van der Waals surface area contributed by atoms with E-state index in [9.17, 15) is 0 Å². The van der Waals surface area contributed by atoms with Crippen molar-refractivity contribution >= 4 is 11.8 Å². The van der Waals surface area contributed by atoms with Gasteiger partial charge in [-0.1, -0.05) is 30.3 Å². The molecule has 1 aliphatic rings. The zero-order valence-corrected chi connectivity index (χ0v) is 9.95. The Morgan fingerprint density at radius 3 is 2.50 bits per heavy atom. The van der Waals surface area contributed by atoms with Crippen LogP contribution in [0.5, 0.6) is 0 Å². The third-order valence-corrected chi connectivity index (χ3v) is 3.03. The normalized spacial score (nSPS) is 15.5. The first-order valence-corrected chi connectivity index (χ1v) is 5.93. The summed E-state index contributed by atoms with van der Waals surface area (Å²) in [7, 11) is 0. The molecule has 5 nitrogen and oxygen atoms in total. The van der Waals surface area contributed by atoms with Gasteiger partial charge in [-0.2, -0.15) is 4.98 Å². The number of aromatic nitrogens is 2. The second-order valence-electron chi connectivity index (χ2n) is 4.50. The first-order valence-electron chi connectivity index (χ1n) is 5.93. The van der Waals surface area contributed by atoms with Crippen molar-refractivity contribution in [3.05, 3.63) is 36.4 Å². The number of anilines is 2. The van der Waals surface area contributed by atoms with Crippen LogP contribution in [-0.2, 0) is 0 Å². The third kappa shape index (κ3) is 2.00. The Morgan fingerprint density at radius 1 is 1.11 bits per heavy atom. The zero-order chi connectivity index (χ0) is 12.5. The minimum atomic E-state index is 0.237. The van der Waals surface area contributed by atoms with Crippen LogP contribution in [0, 0.1) is 0 Å². The molecule has 5 heteroatoms. The van der Waals surface area contributed by atoms with Crippen LogP contribution in [0.4, 0.5) is 11.8 Å². The summed E-state index contributed by atoms with van der Waals surface area (Å²) in [6.45, 7) is 1.65. The molecule has 0 aliphatic carbocycles. The Kier molecular flexibility index (Phi) is 2.60. The Hall–Kier alpha value is -2.14. The molecular weight excluding hydrogens is 226 g/mol. The molecule has 2 heterocycles. The van der Waals surface area contributed by atoms with Gasteiger partial charge in [0, 0.05) is 30.8 Å². The van der Waals surface area contributed by atoms with Crippen molar-refractivity contribution in [1.82, 2.24) is 9.97 Å². The van der Waals surface area contributed by atoms with Gasteiger partial charge in [-0.05, 0) is 0 Å². The van der Waals surface area contributed by atoms with E-state index in [2.05, 4.69) is 14.9 Å². The molecule has 0 atom stereocenters. The fourth-order valence-corrected chi connectivity index (χ4v) is 2.07. The highest BCUT2D eigenvalue weighted by molar-refractivity contribution is 5.64. The predicted molar refractivity (Wildman–Crippen MR) is 72.1 cm³/mol. The fraction of sp³-hybridized carbons (Fsp3) is 0.231. The van der Waals surface area contributed by atoms with Gasteiger partial charge in [-0.15, -0.1) is 0 Å². The molecule has 1 aromatic carbocycles. The molecule has 4 N–H and O–H groups in total. The van der Waals surface area contributed by atoms with Gasteiger partial charge in [0.05, 0.1) is 5.69 Å². The Labute approximate surface area is 105 Å². The average molecular weight is 241 g/mol. The van der Waals surface area contributed by atoms with Crippen LogP contribution in [0.3, 0.4) is 0 Å². The lowest BCUT2D eigenvalue weighted by molar-refractivity contribution is 0.514. The molecule has 1 aliphatic heterocycles. The molecule has 0 bridgehead atoms. The van der Waals surface area contributed by atoms with Gasteiger partial charge >= 0.3 is 0 Å². The SMILES string of the molecule is Nc1nc(-c2ccccc2)cc(N2CC(N)C2)n1. The van der Waals surface area contributed by atoms with E-state index < -0.39 is 0 Å². The zero-order valence-electron chi connectivity index (χ0n) is 9.95. The number of hydrogen-bond acceptors (Lipinski definition) is 5. The molecule has 0 unspecified atom stereocenters. The summed E-state index contributed by atoms with van der Waals surface area (Å²) < 4.78 is 0. The number of nitrogen functional groups attached to an aromatic ring is 1. The highest BCUT2D eigenvalue weighted by Crippen LogP contribution is 2.24. The maximum Gasteiger partial charge on any atom is 0.222 e. The summed E-state index contributed by atoms with van der Waals surface area (Å²) >= 11 is 0. The maximum absolute atomic E-state index is 5.78. The van der Waals surface area contributed by atoms with Gasteiger partial charge in [0.15, 0.2) is 0 Å². The van der Waals surface area contributed by atoms with Gasteiger partial charge in [0.25, 0.3) is 0 Å². The van der Waals surface area contributed by atoms with Crippen molar-refractivity contribution in [3.8, 4) is 11.3 Å². The smallest absolute Gasteiger partial charge is 0.222 e. The van der Waals surface area contributed by atoms with E-state index in [0.717, 1.165) is 30.2 Å². The minimum absolute atomic E-state index is 0.237. The van der Waals surface area contributed by atoms with Crippen molar-refractivity contribution < 1.29 is 0 Å². The van der Waals surface area contributed by atoms with Crippen molar-refractivity contribution in [3.63, 3.8) is 0 Å². The first kappa shape index (κ1) is 11.0. The van der Waals surface area contributed by atoms with Gasteiger partial charge in [-0.3, -0.25) is 0 Å².